The smallest absolute Gasteiger partial charge is 0.268 e. The van der Waals surface area contributed by atoms with Gasteiger partial charge in [-0.25, -0.2) is 22.2 Å². The van der Waals surface area contributed by atoms with Crippen molar-refractivity contribution in [2.45, 2.75) is 18.7 Å². The van der Waals surface area contributed by atoms with Crippen molar-refractivity contribution in [1.29, 1.82) is 0 Å². The molecule has 6 nitrogen and oxygen atoms in total. The van der Waals surface area contributed by atoms with Crippen molar-refractivity contribution in [3.8, 4) is 0 Å². The highest BCUT2D eigenvalue weighted by molar-refractivity contribution is 7.90. The summed E-state index contributed by atoms with van der Waals surface area (Å²) >= 11 is 0. The minimum absolute atomic E-state index is 0.0466. The van der Waals surface area contributed by atoms with Crippen molar-refractivity contribution >= 4 is 15.9 Å². The Morgan fingerprint density at radius 3 is 2.23 bits per heavy atom. The predicted octanol–water partition coefficient (Wildman–Crippen LogP) is 2.33. The third-order valence-corrected chi connectivity index (χ3v) is 5.74. The van der Waals surface area contributed by atoms with Crippen LogP contribution >= 0.6 is 0 Å². The van der Waals surface area contributed by atoms with Crippen LogP contribution < -0.4 is 5.69 Å². The highest BCUT2D eigenvalue weighted by Crippen LogP contribution is 2.17. The third kappa shape index (κ3) is 2.99. The van der Waals surface area contributed by atoms with Gasteiger partial charge in [-0.15, -0.1) is 0 Å². The zero-order valence-corrected chi connectivity index (χ0v) is 14.8. The van der Waals surface area contributed by atoms with E-state index in [2.05, 4.69) is 0 Å². The Morgan fingerprint density at radius 1 is 0.962 bits per heavy atom. The van der Waals surface area contributed by atoms with Gasteiger partial charge in [-0.05, 0) is 61.4 Å². The number of carbonyl (C=O) groups excluding carboxylic acids is 1. The van der Waals surface area contributed by atoms with Crippen LogP contribution in [0.4, 0.5) is 4.39 Å². The predicted molar refractivity (Wildman–Crippen MR) is 93.3 cm³/mol. The molecule has 3 rings (SSSR count). The molecule has 0 spiro atoms. The number of halogens is 1. The molecule has 1 aromatic heterocycles. The molecule has 2 aromatic carbocycles. The highest BCUT2D eigenvalue weighted by Gasteiger charge is 2.23. The molecular formula is C18H15FN2O4S. The number of rotatable bonds is 3. The van der Waals surface area contributed by atoms with E-state index in [1.807, 2.05) is 6.92 Å². The molecule has 0 amide bonds. The van der Waals surface area contributed by atoms with Gasteiger partial charge in [0.25, 0.3) is 15.9 Å². The van der Waals surface area contributed by atoms with Crippen molar-refractivity contribution < 1.29 is 17.6 Å². The number of aromatic nitrogens is 2. The van der Waals surface area contributed by atoms with Crippen LogP contribution in [0.15, 0.2) is 64.5 Å². The lowest BCUT2D eigenvalue weighted by atomic mass is 10.1. The minimum atomic E-state index is -4.14. The molecular weight excluding hydrogens is 359 g/mol. The summed E-state index contributed by atoms with van der Waals surface area (Å²) in [4.78, 5) is 24.8. The third-order valence-electron chi connectivity index (χ3n) is 4.09. The van der Waals surface area contributed by atoms with Gasteiger partial charge in [0.2, 0.25) is 0 Å². The average molecular weight is 374 g/mol. The minimum Gasteiger partial charge on any atom is -0.268 e. The SMILES string of the molecule is Cc1ccc(S(=O)(=O)n2ccn(C(=O)c3ccc(F)cc3)c2=O)cc1C. The van der Waals surface area contributed by atoms with E-state index < -0.39 is 27.4 Å². The molecule has 8 heteroatoms. The molecule has 3 aromatic rings. The number of hydrogen-bond acceptors (Lipinski definition) is 4. The van der Waals surface area contributed by atoms with Gasteiger partial charge in [0, 0.05) is 18.0 Å². The first-order valence-electron chi connectivity index (χ1n) is 7.65. The maximum atomic E-state index is 13.0. The average Bonchev–Trinajstić information content (AvgIpc) is 2.99. The van der Waals surface area contributed by atoms with Gasteiger partial charge < -0.3 is 0 Å². The summed E-state index contributed by atoms with van der Waals surface area (Å²) in [7, 11) is -4.14. The van der Waals surface area contributed by atoms with Crippen LogP contribution in [0.3, 0.4) is 0 Å². The van der Waals surface area contributed by atoms with E-state index in [9.17, 15) is 22.4 Å². The van der Waals surface area contributed by atoms with E-state index in [-0.39, 0.29) is 10.5 Å². The summed E-state index contributed by atoms with van der Waals surface area (Å²) in [5.74, 6) is -1.27. The molecule has 0 bridgehead atoms. The van der Waals surface area contributed by atoms with Crippen LogP contribution in [0.5, 0.6) is 0 Å². The molecule has 0 unspecified atom stereocenters. The highest BCUT2D eigenvalue weighted by atomic mass is 32.2. The Hall–Kier alpha value is -3.00. The lowest BCUT2D eigenvalue weighted by Crippen LogP contribution is -2.32. The van der Waals surface area contributed by atoms with Gasteiger partial charge in [0.15, 0.2) is 0 Å². The summed E-state index contributed by atoms with van der Waals surface area (Å²) < 4.78 is 39.6. The van der Waals surface area contributed by atoms with Gasteiger partial charge in [-0.2, -0.15) is 3.97 Å². The standard InChI is InChI=1S/C18H15FN2O4S/c1-12-3-8-16(11-13(12)2)26(24,25)21-10-9-20(18(21)23)17(22)14-4-6-15(19)7-5-14/h3-11H,1-2H3. The fraction of sp³-hybridized carbons (Fsp3) is 0.111. The molecule has 1 heterocycles. The van der Waals surface area contributed by atoms with Crippen molar-refractivity contribution in [3.63, 3.8) is 0 Å². The molecule has 0 N–H and O–H groups in total. The number of imidazole rings is 1. The van der Waals surface area contributed by atoms with Gasteiger partial charge >= 0.3 is 5.69 Å². The molecule has 26 heavy (non-hydrogen) atoms. The molecule has 0 radical (unpaired) electrons. The zero-order chi connectivity index (χ0) is 19.1. The summed E-state index contributed by atoms with van der Waals surface area (Å²) in [6.45, 7) is 3.61. The van der Waals surface area contributed by atoms with Crippen molar-refractivity contribution in [1.82, 2.24) is 8.54 Å². The van der Waals surface area contributed by atoms with E-state index in [1.165, 1.54) is 24.3 Å². The number of aryl methyl sites for hydroxylation is 2. The summed E-state index contributed by atoms with van der Waals surface area (Å²) in [5, 5.41) is 0. The molecule has 0 aliphatic carbocycles. The van der Waals surface area contributed by atoms with E-state index in [0.29, 0.717) is 8.54 Å². The quantitative estimate of drug-likeness (QED) is 0.705. The molecule has 0 saturated carbocycles. The molecule has 0 aliphatic rings. The topological polar surface area (TPSA) is 78.1 Å². The zero-order valence-electron chi connectivity index (χ0n) is 14.0. The normalized spacial score (nSPS) is 11.5. The van der Waals surface area contributed by atoms with Crippen LogP contribution in [-0.2, 0) is 10.0 Å². The Balaban J connectivity index is 2.05. The van der Waals surface area contributed by atoms with Crippen LogP contribution in [0.2, 0.25) is 0 Å². The number of carbonyl (C=O) groups is 1. The molecule has 0 saturated heterocycles. The van der Waals surface area contributed by atoms with Crippen molar-refractivity contribution in [2.24, 2.45) is 0 Å². The first-order valence-corrected chi connectivity index (χ1v) is 9.09. The van der Waals surface area contributed by atoms with E-state index >= 15 is 0 Å². The molecule has 0 fully saturated rings. The summed E-state index contributed by atoms with van der Waals surface area (Å²) in [6.07, 6.45) is 2.10. The Labute approximate surface area is 149 Å². The maximum Gasteiger partial charge on any atom is 0.349 e. The van der Waals surface area contributed by atoms with Crippen LogP contribution in [-0.4, -0.2) is 22.9 Å². The van der Waals surface area contributed by atoms with Gasteiger partial charge in [-0.1, -0.05) is 6.07 Å². The Morgan fingerprint density at radius 2 is 1.62 bits per heavy atom. The van der Waals surface area contributed by atoms with E-state index in [0.717, 1.165) is 35.7 Å². The summed E-state index contributed by atoms with van der Waals surface area (Å²) in [6, 6.07) is 9.13. The first-order chi connectivity index (χ1) is 12.2. The maximum absolute atomic E-state index is 13.0. The lowest BCUT2D eigenvalue weighted by molar-refractivity contribution is 0.0956. The second-order valence-corrected chi connectivity index (χ2v) is 7.62. The summed E-state index contributed by atoms with van der Waals surface area (Å²) in [5.41, 5.74) is 0.730. The molecule has 134 valence electrons. The lowest BCUT2D eigenvalue weighted by Gasteiger charge is -2.07. The fourth-order valence-electron chi connectivity index (χ4n) is 2.42. The monoisotopic (exact) mass is 374 g/mol. The second-order valence-electron chi connectivity index (χ2n) is 5.81. The van der Waals surface area contributed by atoms with Crippen LogP contribution in [0.1, 0.15) is 21.5 Å². The first kappa shape index (κ1) is 17.8. The van der Waals surface area contributed by atoms with E-state index in [1.54, 1.807) is 13.0 Å². The van der Waals surface area contributed by atoms with Gasteiger partial charge in [0.1, 0.15) is 5.82 Å². The van der Waals surface area contributed by atoms with Crippen molar-refractivity contribution in [3.05, 3.63) is 87.9 Å². The van der Waals surface area contributed by atoms with Crippen LogP contribution in [0.25, 0.3) is 0 Å². The van der Waals surface area contributed by atoms with Crippen molar-refractivity contribution in [2.75, 3.05) is 0 Å². The second kappa shape index (κ2) is 6.38. The number of hydrogen-bond donors (Lipinski definition) is 0. The van der Waals surface area contributed by atoms with Crippen LogP contribution in [0, 0.1) is 19.7 Å². The Kier molecular flexibility index (Phi) is 4.37. The van der Waals surface area contributed by atoms with Gasteiger partial charge in [0.05, 0.1) is 4.90 Å². The fourth-order valence-corrected chi connectivity index (χ4v) is 3.72. The molecule has 0 aliphatic heterocycles. The number of nitrogens with zero attached hydrogens (tertiary/aromatic N) is 2. The van der Waals surface area contributed by atoms with E-state index in [4.69, 9.17) is 0 Å². The molecule has 0 atom stereocenters. The number of benzene rings is 2. The van der Waals surface area contributed by atoms with Gasteiger partial charge in [-0.3, -0.25) is 4.79 Å². The Bertz CT molecular complexity index is 1160. The largest absolute Gasteiger partial charge is 0.349 e.